The summed E-state index contributed by atoms with van der Waals surface area (Å²) in [5.41, 5.74) is 3.39. The average molecular weight is 396 g/mol. The quantitative estimate of drug-likeness (QED) is 0.720. The van der Waals surface area contributed by atoms with E-state index in [4.69, 9.17) is 4.74 Å². The number of carbonyl (C=O) groups is 2. The molecule has 1 aliphatic heterocycles. The highest BCUT2D eigenvalue weighted by Crippen LogP contribution is 2.16. The van der Waals surface area contributed by atoms with Gasteiger partial charge in [-0.15, -0.1) is 0 Å². The van der Waals surface area contributed by atoms with E-state index in [0.717, 1.165) is 31.5 Å². The van der Waals surface area contributed by atoms with E-state index in [1.54, 1.807) is 24.3 Å². The third-order valence-corrected chi connectivity index (χ3v) is 5.05. The number of nitrogens with zero attached hydrogens (tertiary/aromatic N) is 1. The normalized spacial score (nSPS) is 16.0. The Morgan fingerprint density at radius 3 is 2.69 bits per heavy atom. The van der Waals surface area contributed by atoms with Crippen LogP contribution in [0.5, 0.6) is 0 Å². The second-order valence-electron chi connectivity index (χ2n) is 7.40. The molecule has 2 N–H and O–H groups in total. The standard InChI is InChI=1S/C23H29N3O3/c1-3-26(2)16-18-8-4-7-17(13-18)15-24-22(27)19-9-5-10-20(14-19)25-23(28)21-11-6-12-29-21/h4-5,7-10,13-14,21H,3,6,11-12,15-16H2,1-2H3,(H,24,27)(H,25,28). The summed E-state index contributed by atoms with van der Waals surface area (Å²) in [6, 6.07) is 15.2. The molecule has 0 radical (unpaired) electrons. The third-order valence-electron chi connectivity index (χ3n) is 5.05. The second-order valence-corrected chi connectivity index (χ2v) is 7.40. The van der Waals surface area contributed by atoms with E-state index in [1.165, 1.54) is 5.56 Å². The SMILES string of the molecule is CCN(C)Cc1cccc(CNC(=O)c2cccc(NC(=O)C3CCCO3)c2)c1. The first-order valence-electron chi connectivity index (χ1n) is 10.1. The zero-order chi connectivity index (χ0) is 20.6. The molecule has 0 aliphatic carbocycles. The van der Waals surface area contributed by atoms with Crippen molar-refractivity contribution in [2.45, 2.75) is 39.0 Å². The first kappa shape index (κ1) is 21.0. The van der Waals surface area contributed by atoms with Gasteiger partial charge in [0.05, 0.1) is 0 Å². The summed E-state index contributed by atoms with van der Waals surface area (Å²) in [6.07, 6.45) is 1.24. The predicted molar refractivity (Wildman–Crippen MR) is 114 cm³/mol. The van der Waals surface area contributed by atoms with Crippen molar-refractivity contribution >= 4 is 17.5 Å². The molecule has 2 amide bonds. The summed E-state index contributed by atoms with van der Waals surface area (Å²) in [5.74, 6) is -0.330. The predicted octanol–water partition coefficient (Wildman–Crippen LogP) is 3.19. The monoisotopic (exact) mass is 395 g/mol. The fraction of sp³-hybridized carbons (Fsp3) is 0.391. The number of amides is 2. The van der Waals surface area contributed by atoms with Gasteiger partial charge in [-0.25, -0.2) is 0 Å². The number of ether oxygens (including phenoxy) is 1. The van der Waals surface area contributed by atoms with E-state index >= 15 is 0 Å². The van der Waals surface area contributed by atoms with Crippen LogP contribution < -0.4 is 10.6 Å². The fourth-order valence-corrected chi connectivity index (χ4v) is 3.29. The molecule has 1 saturated heterocycles. The van der Waals surface area contributed by atoms with Crippen LogP contribution in [0.3, 0.4) is 0 Å². The number of benzene rings is 2. The molecule has 2 aromatic carbocycles. The van der Waals surface area contributed by atoms with Gasteiger partial charge in [0.1, 0.15) is 6.10 Å². The molecule has 1 fully saturated rings. The van der Waals surface area contributed by atoms with Gasteiger partial charge in [0.2, 0.25) is 0 Å². The van der Waals surface area contributed by atoms with Crippen LogP contribution in [0.1, 0.15) is 41.3 Å². The van der Waals surface area contributed by atoms with Crippen molar-refractivity contribution in [2.24, 2.45) is 0 Å². The van der Waals surface area contributed by atoms with E-state index in [9.17, 15) is 9.59 Å². The van der Waals surface area contributed by atoms with Crippen LogP contribution in [-0.2, 0) is 22.6 Å². The molecule has 0 spiro atoms. The van der Waals surface area contributed by atoms with Crippen LogP contribution >= 0.6 is 0 Å². The maximum Gasteiger partial charge on any atom is 0.253 e. The van der Waals surface area contributed by atoms with Crippen LogP contribution in [0.25, 0.3) is 0 Å². The Labute approximate surface area is 172 Å². The fourth-order valence-electron chi connectivity index (χ4n) is 3.29. The molecule has 6 heteroatoms. The van der Waals surface area contributed by atoms with E-state index in [2.05, 4.69) is 41.6 Å². The lowest BCUT2D eigenvalue weighted by molar-refractivity contribution is -0.124. The first-order valence-corrected chi connectivity index (χ1v) is 10.1. The second kappa shape index (κ2) is 10.2. The van der Waals surface area contributed by atoms with Gasteiger partial charge in [0.25, 0.3) is 11.8 Å². The van der Waals surface area contributed by atoms with Crippen LogP contribution in [0.2, 0.25) is 0 Å². The van der Waals surface area contributed by atoms with Gasteiger partial charge >= 0.3 is 0 Å². The van der Waals surface area contributed by atoms with Crippen molar-refractivity contribution in [3.8, 4) is 0 Å². The Bertz CT molecular complexity index is 847. The maximum atomic E-state index is 12.6. The minimum Gasteiger partial charge on any atom is -0.368 e. The highest BCUT2D eigenvalue weighted by Gasteiger charge is 2.23. The van der Waals surface area contributed by atoms with Gasteiger partial charge in [-0.05, 0) is 55.8 Å². The smallest absolute Gasteiger partial charge is 0.253 e. The van der Waals surface area contributed by atoms with Crippen molar-refractivity contribution in [1.82, 2.24) is 10.2 Å². The lowest BCUT2D eigenvalue weighted by atomic mass is 10.1. The number of hydrogen-bond donors (Lipinski definition) is 2. The number of hydrogen-bond acceptors (Lipinski definition) is 4. The first-order chi connectivity index (χ1) is 14.0. The molecule has 1 atom stereocenters. The molecule has 2 aromatic rings. The Kier molecular flexibility index (Phi) is 7.38. The minimum absolute atomic E-state index is 0.158. The van der Waals surface area contributed by atoms with Crippen molar-refractivity contribution in [3.05, 3.63) is 65.2 Å². The summed E-state index contributed by atoms with van der Waals surface area (Å²) in [4.78, 5) is 27.0. The molecule has 3 rings (SSSR count). The Morgan fingerprint density at radius 2 is 1.93 bits per heavy atom. The van der Waals surface area contributed by atoms with Gasteiger partial charge < -0.3 is 20.3 Å². The molecule has 1 unspecified atom stereocenters. The largest absolute Gasteiger partial charge is 0.368 e. The van der Waals surface area contributed by atoms with Crippen molar-refractivity contribution in [3.63, 3.8) is 0 Å². The summed E-state index contributed by atoms with van der Waals surface area (Å²) < 4.78 is 5.40. The van der Waals surface area contributed by atoms with Crippen molar-refractivity contribution in [1.29, 1.82) is 0 Å². The highest BCUT2D eigenvalue weighted by atomic mass is 16.5. The molecular weight excluding hydrogens is 366 g/mol. The molecule has 1 heterocycles. The molecular formula is C23H29N3O3. The van der Waals surface area contributed by atoms with Gasteiger partial charge in [0.15, 0.2) is 0 Å². The Hall–Kier alpha value is -2.70. The lowest BCUT2D eigenvalue weighted by Gasteiger charge is -2.14. The van der Waals surface area contributed by atoms with Crippen LogP contribution in [0, 0.1) is 0 Å². The number of carbonyl (C=O) groups excluding carboxylic acids is 2. The zero-order valence-corrected chi connectivity index (χ0v) is 17.1. The van der Waals surface area contributed by atoms with E-state index in [1.807, 2.05) is 12.1 Å². The molecule has 0 saturated carbocycles. The van der Waals surface area contributed by atoms with Crippen LogP contribution in [-0.4, -0.2) is 43.0 Å². The van der Waals surface area contributed by atoms with Gasteiger partial charge in [-0.1, -0.05) is 37.3 Å². The van der Waals surface area contributed by atoms with Crippen LogP contribution in [0.15, 0.2) is 48.5 Å². The van der Waals surface area contributed by atoms with Gasteiger partial charge in [-0.2, -0.15) is 0 Å². The molecule has 154 valence electrons. The van der Waals surface area contributed by atoms with Gasteiger partial charge in [-0.3, -0.25) is 9.59 Å². The summed E-state index contributed by atoms with van der Waals surface area (Å²) >= 11 is 0. The average Bonchev–Trinajstić information content (AvgIpc) is 3.27. The van der Waals surface area contributed by atoms with Crippen molar-refractivity contribution < 1.29 is 14.3 Å². The van der Waals surface area contributed by atoms with E-state index in [-0.39, 0.29) is 11.8 Å². The molecule has 1 aliphatic rings. The highest BCUT2D eigenvalue weighted by molar-refractivity contribution is 5.98. The minimum atomic E-state index is -0.397. The molecule has 6 nitrogen and oxygen atoms in total. The third kappa shape index (κ3) is 6.14. The topological polar surface area (TPSA) is 70.7 Å². The molecule has 0 aromatic heterocycles. The Balaban J connectivity index is 1.57. The maximum absolute atomic E-state index is 12.6. The summed E-state index contributed by atoms with van der Waals surface area (Å²) in [5, 5.41) is 5.79. The summed E-state index contributed by atoms with van der Waals surface area (Å²) in [6.45, 7) is 5.07. The number of nitrogens with one attached hydrogen (secondary N) is 2. The van der Waals surface area contributed by atoms with Crippen LogP contribution in [0.4, 0.5) is 5.69 Å². The zero-order valence-electron chi connectivity index (χ0n) is 17.1. The Morgan fingerprint density at radius 1 is 1.14 bits per heavy atom. The molecule has 29 heavy (non-hydrogen) atoms. The number of anilines is 1. The molecule has 0 bridgehead atoms. The van der Waals surface area contributed by atoms with E-state index < -0.39 is 6.10 Å². The van der Waals surface area contributed by atoms with Gasteiger partial charge in [0, 0.05) is 30.9 Å². The number of rotatable bonds is 8. The lowest BCUT2D eigenvalue weighted by Crippen LogP contribution is -2.27. The van der Waals surface area contributed by atoms with E-state index in [0.29, 0.717) is 24.4 Å². The summed E-state index contributed by atoms with van der Waals surface area (Å²) in [7, 11) is 2.08. The van der Waals surface area contributed by atoms with Crippen molar-refractivity contribution in [2.75, 3.05) is 25.5 Å².